The number of aromatic nitrogens is 3. The number of hydrogen-bond acceptors (Lipinski definition) is 5. The highest BCUT2D eigenvalue weighted by atomic mass is 35.5. The van der Waals surface area contributed by atoms with Gasteiger partial charge in [0.2, 0.25) is 0 Å². The lowest BCUT2D eigenvalue weighted by Gasteiger charge is -2.35. The molecule has 3 rings (SSSR count). The molecule has 2 aliphatic rings. The minimum atomic E-state index is 0. The molecule has 0 aliphatic carbocycles. The van der Waals surface area contributed by atoms with Gasteiger partial charge >= 0.3 is 0 Å². The molecule has 0 bridgehead atoms. The van der Waals surface area contributed by atoms with Gasteiger partial charge in [0.25, 0.3) is 5.91 Å². The molecule has 0 unspecified atom stereocenters. The van der Waals surface area contributed by atoms with E-state index in [9.17, 15) is 4.79 Å². The molecule has 25 heavy (non-hydrogen) atoms. The minimum Gasteiger partial charge on any atom is -0.335 e. The van der Waals surface area contributed by atoms with Gasteiger partial charge in [0, 0.05) is 32.7 Å². The quantitative estimate of drug-likeness (QED) is 0.839. The van der Waals surface area contributed by atoms with Crippen LogP contribution in [0.25, 0.3) is 0 Å². The van der Waals surface area contributed by atoms with Gasteiger partial charge in [-0.2, -0.15) is 0 Å². The number of rotatable bonds is 4. The lowest BCUT2D eigenvalue weighted by molar-refractivity contribution is 0.0618. The Morgan fingerprint density at radius 2 is 1.84 bits per heavy atom. The van der Waals surface area contributed by atoms with E-state index >= 15 is 0 Å². The Bertz CT molecular complexity index is 524. The Balaban J connectivity index is 0.00000156. The predicted octanol–water partition coefficient (Wildman–Crippen LogP) is 1.46. The molecule has 1 N–H and O–H groups in total. The first-order chi connectivity index (χ1) is 11.1. The van der Waals surface area contributed by atoms with Gasteiger partial charge in [0.15, 0.2) is 5.69 Å². The van der Waals surface area contributed by atoms with Crippen molar-refractivity contribution in [3.8, 4) is 0 Å². The van der Waals surface area contributed by atoms with Gasteiger partial charge in [-0.15, -0.1) is 29.9 Å². The molecule has 0 radical (unpaired) electrons. The topological polar surface area (TPSA) is 66.3 Å². The lowest BCUT2D eigenvalue weighted by Crippen LogP contribution is -2.49. The van der Waals surface area contributed by atoms with Crippen LogP contribution in [0.15, 0.2) is 6.20 Å². The van der Waals surface area contributed by atoms with Crippen molar-refractivity contribution >= 4 is 30.7 Å². The Morgan fingerprint density at radius 3 is 2.44 bits per heavy atom. The number of piperazine rings is 1. The third kappa shape index (κ3) is 5.81. The van der Waals surface area contributed by atoms with Crippen LogP contribution < -0.4 is 5.32 Å². The number of halogens is 2. The SMILES string of the molecule is CC(C)CN1CCN(C(=O)c2cn(C3CCNCC3)nn2)CC1.Cl.Cl. The Hall–Kier alpha value is -0.890. The van der Waals surface area contributed by atoms with Gasteiger partial charge in [0.1, 0.15) is 0 Å². The fraction of sp³-hybridized carbons (Fsp3) is 0.812. The number of piperidine rings is 1. The highest BCUT2D eigenvalue weighted by molar-refractivity contribution is 5.92. The summed E-state index contributed by atoms with van der Waals surface area (Å²) in [5, 5.41) is 11.7. The molecule has 0 saturated carbocycles. The molecule has 2 fully saturated rings. The number of nitrogens with zero attached hydrogens (tertiary/aromatic N) is 5. The number of amides is 1. The van der Waals surface area contributed by atoms with Crippen molar-refractivity contribution in [1.29, 1.82) is 0 Å². The van der Waals surface area contributed by atoms with Crippen LogP contribution in [0.1, 0.15) is 43.2 Å². The maximum absolute atomic E-state index is 12.6. The van der Waals surface area contributed by atoms with Crippen molar-refractivity contribution < 1.29 is 4.79 Å². The number of carbonyl (C=O) groups is 1. The van der Waals surface area contributed by atoms with Gasteiger partial charge in [-0.3, -0.25) is 9.69 Å². The van der Waals surface area contributed by atoms with Crippen LogP contribution in [0.2, 0.25) is 0 Å². The van der Waals surface area contributed by atoms with Crippen molar-refractivity contribution in [2.45, 2.75) is 32.7 Å². The standard InChI is InChI=1S/C16H28N6O.2ClH/c1-13(2)11-20-7-9-21(10-8-20)16(23)15-12-22(19-18-15)14-3-5-17-6-4-14;;/h12-14,17H,3-11H2,1-2H3;2*1H. The predicted molar refractivity (Wildman–Crippen MR) is 103 cm³/mol. The second kappa shape index (κ2) is 10.3. The van der Waals surface area contributed by atoms with Crippen LogP contribution in [-0.2, 0) is 0 Å². The number of carbonyl (C=O) groups excluding carboxylic acids is 1. The molecule has 0 atom stereocenters. The molecule has 144 valence electrons. The van der Waals surface area contributed by atoms with Crippen LogP contribution in [0, 0.1) is 5.92 Å². The van der Waals surface area contributed by atoms with Gasteiger partial charge in [0.05, 0.1) is 12.2 Å². The Morgan fingerprint density at radius 1 is 1.20 bits per heavy atom. The zero-order valence-electron chi connectivity index (χ0n) is 15.1. The first kappa shape index (κ1) is 22.2. The molecule has 2 saturated heterocycles. The first-order valence-corrected chi connectivity index (χ1v) is 8.77. The van der Waals surface area contributed by atoms with Crippen LogP contribution in [-0.4, -0.2) is 76.5 Å². The zero-order chi connectivity index (χ0) is 16.2. The van der Waals surface area contributed by atoms with E-state index in [0.717, 1.165) is 58.7 Å². The van der Waals surface area contributed by atoms with Crippen LogP contribution >= 0.6 is 24.8 Å². The maximum atomic E-state index is 12.6. The van der Waals surface area contributed by atoms with Gasteiger partial charge in [-0.25, -0.2) is 4.68 Å². The Labute approximate surface area is 162 Å². The van der Waals surface area contributed by atoms with E-state index in [1.807, 2.05) is 15.8 Å². The molecular formula is C16H30Cl2N6O. The minimum absolute atomic E-state index is 0. The summed E-state index contributed by atoms with van der Waals surface area (Å²) in [6.45, 7) is 11.1. The van der Waals surface area contributed by atoms with E-state index in [0.29, 0.717) is 17.7 Å². The smallest absolute Gasteiger partial charge is 0.276 e. The van der Waals surface area contributed by atoms with Crippen LogP contribution in [0.5, 0.6) is 0 Å². The van der Waals surface area contributed by atoms with Crippen molar-refractivity contribution in [2.24, 2.45) is 5.92 Å². The zero-order valence-corrected chi connectivity index (χ0v) is 16.7. The largest absolute Gasteiger partial charge is 0.335 e. The van der Waals surface area contributed by atoms with E-state index < -0.39 is 0 Å². The summed E-state index contributed by atoms with van der Waals surface area (Å²) < 4.78 is 1.88. The third-order valence-electron chi connectivity index (χ3n) is 4.70. The molecule has 9 heteroatoms. The second-order valence-electron chi connectivity index (χ2n) is 7.05. The van der Waals surface area contributed by atoms with E-state index in [1.165, 1.54) is 0 Å². The molecule has 2 aliphatic heterocycles. The molecule has 3 heterocycles. The highest BCUT2D eigenvalue weighted by Gasteiger charge is 2.25. The summed E-state index contributed by atoms with van der Waals surface area (Å²) in [6.07, 6.45) is 3.93. The summed E-state index contributed by atoms with van der Waals surface area (Å²) >= 11 is 0. The van der Waals surface area contributed by atoms with E-state index in [2.05, 4.69) is 34.4 Å². The fourth-order valence-corrected chi connectivity index (χ4v) is 3.44. The van der Waals surface area contributed by atoms with Crippen molar-refractivity contribution in [3.63, 3.8) is 0 Å². The van der Waals surface area contributed by atoms with Gasteiger partial charge < -0.3 is 10.2 Å². The van der Waals surface area contributed by atoms with Crippen molar-refractivity contribution in [3.05, 3.63) is 11.9 Å². The fourth-order valence-electron chi connectivity index (χ4n) is 3.44. The van der Waals surface area contributed by atoms with E-state index in [1.54, 1.807) is 0 Å². The first-order valence-electron chi connectivity index (χ1n) is 8.77. The lowest BCUT2D eigenvalue weighted by atomic mass is 10.1. The van der Waals surface area contributed by atoms with E-state index in [4.69, 9.17) is 0 Å². The monoisotopic (exact) mass is 392 g/mol. The number of nitrogens with one attached hydrogen (secondary N) is 1. The average Bonchev–Trinajstić information content (AvgIpc) is 3.05. The summed E-state index contributed by atoms with van der Waals surface area (Å²) in [5.74, 6) is 0.691. The molecular weight excluding hydrogens is 363 g/mol. The molecule has 1 aromatic heterocycles. The van der Waals surface area contributed by atoms with E-state index in [-0.39, 0.29) is 30.7 Å². The molecule has 1 aromatic rings. The molecule has 0 spiro atoms. The average molecular weight is 393 g/mol. The summed E-state index contributed by atoms with van der Waals surface area (Å²) in [6, 6.07) is 0.369. The van der Waals surface area contributed by atoms with Crippen molar-refractivity contribution in [1.82, 2.24) is 30.1 Å². The van der Waals surface area contributed by atoms with Crippen LogP contribution in [0.3, 0.4) is 0 Å². The summed E-state index contributed by atoms with van der Waals surface area (Å²) in [7, 11) is 0. The van der Waals surface area contributed by atoms with Gasteiger partial charge in [-0.05, 0) is 31.8 Å². The van der Waals surface area contributed by atoms with Gasteiger partial charge in [-0.1, -0.05) is 19.1 Å². The second-order valence-corrected chi connectivity index (χ2v) is 7.05. The molecule has 0 aromatic carbocycles. The number of hydrogen-bond donors (Lipinski definition) is 1. The maximum Gasteiger partial charge on any atom is 0.276 e. The summed E-state index contributed by atoms with van der Waals surface area (Å²) in [5.41, 5.74) is 0.487. The molecule has 1 amide bonds. The van der Waals surface area contributed by atoms with Crippen LogP contribution in [0.4, 0.5) is 0 Å². The van der Waals surface area contributed by atoms with Crippen molar-refractivity contribution in [2.75, 3.05) is 45.8 Å². The Kier molecular flexibility index (Phi) is 9.13. The summed E-state index contributed by atoms with van der Waals surface area (Å²) in [4.78, 5) is 16.9. The third-order valence-corrected chi connectivity index (χ3v) is 4.70. The normalized spacial score (nSPS) is 19.4. The highest BCUT2D eigenvalue weighted by Crippen LogP contribution is 2.17. The molecule has 7 nitrogen and oxygen atoms in total.